The molecule has 0 amide bonds. The van der Waals surface area contributed by atoms with Crippen molar-refractivity contribution >= 4 is 10.0 Å². The van der Waals surface area contributed by atoms with Gasteiger partial charge < -0.3 is 14.0 Å². The molecule has 3 aromatic rings. The molecule has 1 aliphatic heterocycles. The largest absolute Gasteiger partial charge is 0.490 e. The van der Waals surface area contributed by atoms with Gasteiger partial charge in [-0.3, -0.25) is 0 Å². The van der Waals surface area contributed by atoms with Crippen LogP contribution in [-0.2, 0) is 17.1 Å². The Balaban J connectivity index is 1.72. The maximum Gasteiger partial charge on any atom is 0.241 e. The molecule has 1 unspecified atom stereocenters. The number of hydrogen-bond donors (Lipinski definition) is 1. The van der Waals surface area contributed by atoms with Gasteiger partial charge in [0.2, 0.25) is 10.0 Å². The average molecular weight is 417 g/mol. The van der Waals surface area contributed by atoms with E-state index in [1.807, 2.05) is 0 Å². The van der Waals surface area contributed by atoms with Crippen molar-refractivity contribution in [3.8, 4) is 11.5 Å². The van der Waals surface area contributed by atoms with Gasteiger partial charge in [-0.25, -0.2) is 17.8 Å². The SMILES string of the molecule is Cn1ccnc1C(NS(=O)(=O)c1ccc2c(c1)OCCCO2)c1cccc(F)c1. The monoisotopic (exact) mass is 417 g/mol. The van der Waals surface area contributed by atoms with Gasteiger partial charge in [-0.1, -0.05) is 12.1 Å². The third-order valence-corrected chi connectivity index (χ3v) is 6.02. The first-order valence-electron chi connectivity index (χ1n) is 9.09. The molecule has 0 radical (unpaired) electrons. The van der Waals surface area contributed by atoms with Crippen LogP contribution in [0.3, 0.4) is 0 Å². The second-order valence-electron chi connectivity index (χ2n) is 6.66. The fourth-order valence-electron chi connectivity index (χ4n) is 3.15. The molecule has 0 fully saturated rings. The lowest BCUT2D eigenvalue weighted by Crippen LogP contribution is -2.31. The molecule has 2 aromatic carbocycles. The molecule has 0 bridgehead atoms. The van der Waals surface area contributed by atoms with Crippen LogP contribution in [0.4, 0.5) is 4.39 Å². The lowest BCUT2D eigenvalue weighted by molar-refractivity contribution is 0.297. The van der Waals surface area contributed by atoms with Crippen molar-refractivity contribution in [2.45, 2.75) is 17.4 Å². The van der Waals surface area contributed by atoms with E-state index in [-0.39, 0.29) is 4.90 Å². The third kappa shape index (κ3) is 4.10. The molecule has 1 N–H and O–H groups in total. The zero-order chi connectivity index (χ0) is 20.4. The number of rotatable bonds is 5. The number of halogens is 1. The molecule has 0 aliphatic carbocycles. The number of nitrogens with one attached hydrogen (secondary N) is 1. The van der Waals surface area contributed by atoms with Crippen molar-refractivity contribution in [2.24, 2.45) is 7.05 Å². The maximum atomic E-state index is 13.8. The zero-order valence-corrected chi connectivity index (χ0v) is 16.5. The van der Waals surface area contributed by atoms with Crippen LogP contribution in [0.15, 0.2) is 59.8 Å². The molecule has 4 rings (SSSR count). The van der Waals surface area contributed by atoms with Gasteiger partial charge in [-0.15, -0.1) is 0 Å². The van der Waals surface area contributed by atoms with Gasteiger partial charge in [0, 0.05) is 31.9 Å². The first kappa shape index (κ1) is 19.4. The van der Waals surface area contributed by atoms with Crippen LogP contribution < -0.4 is 14.2 Å². The highest BCUT2D eigenvalue weighted by Gasteiger charge is 2.27. The van der Waals surface area contributed by atoms with Gasteiger partial charge >= 0.3 is 0 Å². The van der Waals surface area contributed by atoms with Gasteiger partial charge in [0.15, 0.2) is 11.5 Å². The molecule has 1 aromatic heterocycles. The summed E-state index contributed by atoms with van der Waals surface area (Å²) >= 11 is 0. The zero-order valence-electron chi connectivity index (χ0n) is 15.7. The highest BCUT2D eigenvalue weighted by molar-refractivity contribution is 7.89. The first-order chi connectivity index (χ1) is 13.9. The van der Waals surface area contributed by atoms with Gasteiger partial charge in [-0.2, -0.15) is 4.72 Å². The molecule has 7 nitrogen and oxygen atoms in total. The number of benzene rings is 2. The molecular formula is C20H20FN3O4S. The van der Waals surface area contributed by atoms with Crippen LogP contribution in [0, 0.1) is 5.82 Å². The van der Waals surface area contributed by atoms with Crippen LogP contribution in [0.2, 0.25) is 0 Å². The van der Waals surface area contributed by atoms with Crippen LogP contribution in [0.5, 0.6) is 11.5 Å². The summed E-state index contributed by atoms with van der Waals surface area (Å²) < 4.78 is 55.6. The maximum absolute atomic E-state index is 13.8. The van der Waals surface area contributed by atoms with Gasteiger partial charge in [-0.05, 0) is 29.8 Å². The third-order valence-electron chi connectivity index (χ3n) is 4.60. The van der Waals surface area contributed by atoms with E-state index in [0.717, 1.165) is 6.42 Å². The Morgan fingerprint density at radius 3 is 2.66 bits per heavy atom. The summed E-state index contributed by atoms with van der Waals surface area (Å²) in [6.07, 6.45) is 3.98. The lowest BCUT2D eigenvalue weighted by atomic mass is 10.1. The lowest BCUT2D eigenvalue weighted by Gasteiger charge is -2.20. The minimum Gasteiger partial charge on any atom is -0.490 e. The Morgan fingerprint density at radius 1 is 1.14 bits per heavy atom. The van der Waals surface area contributed by atoms with E-state index in [9.17, 15) is 12.8 Å². The van der Waals surface area contributed by atoms with Crippen LogP contribution in [0.1, 0.15) is 23.9 Å². The number of ether oxygens (including phenoxy) is 2. The quantitative estimate of drug-likeness (QED) is 0.690. The molecule has 1 aliphatic rings. The number of sulfonamides is 1. The number of aromatic nitrogens is 2. The van der Waals surface area contributed by atoms with E-state index < -0.39 is 21.9 Å². The summed E-state index contributed by atoms with van der Waals surface area (Å²) in [4.78, 5) is 4.28. The van der Waals surface area contributed by atoms with Crippen molar-refractivity contribution in [3.05, 3.63) is 72.1 Å². The Morgan fingerprint density at radius 2 is 1.93 bits per heavy atom. The average Bonchev–Trinajstić information content (AvgIpc) is 2.98. The van der Waals surface area contributed by atoms with E-state index in [4.69, 9.17) is 9.47 Å². The Bertz CT molecular complexity index is 1130. The second-order valence-corrected chi connectivity index (χ2v) is 8.38. The minimum absolute atomic E-state index is 0.0253. The van der Waals surface area contributed by atoms with Gasteiger partial charge in [0.25, 0.3) is 0 Å². The van der Waals surface area contributed by atoms with E-state index in [1.165, 1.54) is 30.3 Å². The molecule has 152 valence electrons. The van der Waals surface area contributed by atoms with E-state index in [2.05, 4.69) is 9.71 Å². The molecule has 0 spiro atoms. The smallest absolute Gasteiger partial charge is 0.241 e. The van der Waals surface area contributed by atoms with E-state index >= 15 is 0 Å². The summed E-state index contributed by atoms with van der Waals surface area (Å²) in [6, 6.07) is 9.37. The van der Waals surface area contributed by atoms with E-state index in [0.29, 0.717) is 36.1 Å². The first-order valence-corrected chi connectivity index (χ1v) is 10.6. The number of fused-ring (bicyclic) bond motifs is 1. The topological polar surface area (TPSA) is 82.5 Å². The van der Waals surface area contributed by atoms with Crippen LogP contribution in [0.25, 0.3) is 0 Å². The molecule has 9 heteroatoms. The molecule has 0 saturated heterocycles. The van der Waals surface area contributed by atoms with Gasteiger partial charge in [0.05, 0.1) is 18.1 Å². The Labute approximate surface area is 168 Å². The fraction of sp³-hybridized carbons (Fsp3) is 0.250. The summed E-state index contributed by atoms with van der Waals surface area (Å²) in [5.74, 6) is 0.863. The van der Waals surface area contributed by atoms with E-state index in [1.54, 1.807) is 36.1 Å². The Hall–Kier alpha value is -2.91. The molecule has 1 atom stereocenters. The predicted octanol–water partition coefficient (Wildman–Crippen LogP) is 2.79. The molecular weight excluding hydrogens is 397 g/mol. The summed E-state index contributed by atoms with van der Waals surface area (Å²) in [5, 5.41) is 0. The van der Waals surface area contributed by atoms with Crippen molar-refractivity contribution < 1.29 is 22.3 Å². The molecule has 2 heterocycles. The second kappa shape index (κ2) is 7.84. The van der Waals surface area contributed by atoms with Gasteiger partial charge in [0.1, 0.15) is 17.7 Å². The number of hydrogen-bond acceptors (Lipinski definition) is 5. The predicted molar refractivity (Wildman–Crippen MR) is 104 cm³/mol. The van der Waals surface area contributed by atoms with Crippen molar-refractivity contribution in [1.82, 2.24) is 14.3 Å². The van der Waals surface area contributed by atoms with Crippen molar-refractivity contribution in [3.63, 3.8) is 0 Å². The summed E-state index contributed by atoms with van der Waals surface area (Å²) in [7, 11) is -2.22. The van der Waals surface area contributed by atoms with Crippen LogP contribution >= 0.6 is 0 Å². The molecule has 29 heavy (non-hydrogen) atoms. The standard InChI is InChI=1S/C20H20FN3O4S/c1-24-9-8-22-20(24)19(14-4-2-5-15(21)12-14)23-29(25,26)16-6-7-17-18(13-16)28-11-3-10-27-17/h2,4-9,12-13,19,23H,3,10-11H2,1H3. The van der Waals surface area contributed by atoms with Crippen LogP contribution in [-0.4, -0.2) is 31.2 Å². The number of aryl methyl sites for hydroxylation is 1. The highest BCUT2D eigenvalue weighted by atomic mass is 32.2. The number of nitrogens with zero attached hydrogens (tertiary/aromatic N) is 2. The summed E-state index contributed by atoms with van der Waals surface area (Å²) in [5.41, 5.74) is 0.442. The molecule has 0 saturated carbocycles. The van der Waals surface area contributed by atoms with Crippen molar-refractivity contribution in [2.75, 3.05) is 13.2 Å². The minimum atomic E-state index is -3.97. The van der Waals surface area contributed by atoms with Crippen molar-refractivity contribution in [1.29, 1.82) is 0 Å². The fourth-order valence-corrected chi connectivity index (χ4v) is 4.34. The Kier molecular flexibility index (Phi) is 5.25. The normalized spacial score (nSPS) is 15.0. The number of imidazole rings is 1. The highest BCUT2D eigenvalue weighted by Crippen LogP contribution is 2.33. The summed E-state index contributed by atoms with van der Waals surface area (Å²) in [6.45, 7) is 0.960.